The lowest BCUT2D eigenvalue weighted by Gasteiger charge is -2.12. The fraction of sp³-hybridized carbons (Fsp3) is 0.143. The number of hydrogen-bond donors (Lipinski definition) is 3. The first-order valence-corrected chi connectivity index (χ1v) is 10.5. The van der Waals surface area contributed by atoms with Crippen LogP contribution in [0.3, 0.4) is 0 Å². The molecule has 0 amide bonds. The van der Waals surface area contributed by atoms with Crippen molar-refractivity contribution in [1.29, 1.82) is 0 Å². The van der Waals surface area contributed by atoms with Gasteiger partial charge < -0.3 is 15.6 Å². The highest BCUT2D eigenvalue weighted by Crippen LogP contribution is 2.34. The van der Waals surface area contributed by atoms with Crippen molar-refractivity contribution in [3.63, 3.8) is 0 Å². The van der Waals surface area contributed by atoms with Gasteiger partial charge >= 0.3 is 0 Å². The summed E-state index contributed by atoms with van der Waals surface area (Å²) in [5.41, 5.74) is 1.84. The number of nitrogens with zero attached hydrogens (tertiary/aromatic N) is 5. The molecule has 0 unspecified atom stereocenters. The summed E-state index contributed by atoms with van der Waals surface area (Å²) in [5.74, 6) is 1.28. The van der Waals surface area contributed by atoms with Crippen LogP contribution in [0.25, 0.3) is 22.6 Å². The van der Waals surface area contributed by atoms with Gasteiger partial charge in [-0.3, -0.25) is 10.1 Å². The second-order valence-corrected chi connectivity index (χ2v) is 7.39. The summed E-state index contributed by atoms with van der Waals surface area (Å²) >= 11 is 12.5. The van der Waals surface area contributed by atoms with E-state index in [1.165, 1.54) is 6.08 Å². The Morgan fingerprint density at radius 3 is 2.79 bits per heavy atom. The number of aliphatic imine (C=N–C) groups is 1. The van der Waals surface area contributed by atoms with Crippen LogP contribution in [-0.4, -0.2) is 44.2 Å². The molecule has 0 aliphatic carbocycles. The van der Waals surface area contributed by atoms with Gasteiger partial charge in [0.05, 0.1) is 21.2 Å². The number of benzene rings is 1. The smallest absolute Gasteiger partial charge is 0.283 e. The summed E-state index contributed by atoms with van der Waals surface area (Å²) in [6.45, 7) is 6.15. The van der Waals surface area contributed by atoms with Gasteiger partial charge in [-0.15, -0.1) is 0 Å². The van der Waals surface area contributed by atoms with Gasteiger partial charge in [0.2, 0.25) is 5.95 Å². The third-order valence-electron chi connectivity index (χ3n) is 4.32. The van der Waals surface area contributed by atoms with Gasteiger partial charge in [0.1, 0.15) is 17.9 Å². The Morgan fingerprint density at radius 1 is 1.30 bits per heavy atom. The summed E-state index contributed by atoms with van der Waals surface area (Å²) < 4.78 is 0. The van der Waals surface area contributed by atoms with E-state index < -0.39 is 4.92 Å². The Hall–Kier alpha value is -3.76. The monoisotopic (exact) mass is 486 g/mol. The Morgan fingerprint density at radius 2 is 2.12 bits per heavy atom. The number of hydrogen-bond acceptors (Lipinski definition) is 8. The number of nitrogens with one attached hydrogen (secondary N) is 3. The van der Waals surface area contributed by atoms with Crippen molar-refractivity contribution in [3.05, 3.63) is 81.1 Å². The molecule has 2 aromatic heterocycles. The molecule has 0 aliphatic heterocycles. The van der Waals surface area contributed by atoms with Gasteiger partial charge in [-0.2, -0.15) is 0 Å². The summed E-state index contributed by atoms with van der Waals surface area (Å²) in [5, 5.41) is 17.8. The van der Waals surface area contributed by atoms with Gasteiger partial charge in [-0.1, -0.05) is 29.8 Å². The van der Waals surface area contributed by atoms with E-state index in [4.69, 9.17) is 23.2 Å². The lowest BCUT2D eigenvalue weighted by molar-refractivity contribution is -0.414. The SMILES string of the molecule is C=C(/N=C\C(=C/C)[N+](=O)[O-])NCCNc1ncc(-c2ncc[nH]2)c(-c2ccc(Cl)cc2Cl)n1. The van der Waals surface area contributed by atoms with Crippen molar-refractivity contribution >= 4 is 35.4 Å². The molecule has 3 aromatic rings. The van der Waals surface area contributed by atoms with Crippen LogP contribution in [0.5, 0.6) is 0 Å². The van der Waals surface area contributed by atoms with E-state index in [2.05, 4.69) is 42.1 Å². The number of H-pyrrole nitrogens is 1. The quantitative estimate of drug-likeness (QED) is 0.165. The molecular weight excluding hydrogens is 467 g/mol. The number of allylic oxidation sites excluding steroid dienone is 2. The molecule has 0 aliphatic rings. The van der Waals surface area contributed by atoms with E-state index in [0.29, 0.717) is 57.5 Å². The molecule has 0 saturated heterocycles. The summed E-state index contributed by atoms with van der Waals surface area (Å²) in [4.78, 5) is 30.5. The lowest BCUT2D eigenvalue weighted by Crippen LogP contribution is -2.21. The number of aromatic amines is 1. The number of nitro groups is 1. The first kappa shape index (κ1) is 23.9. The third-order valence-corrected chi connectivity index (χ3v) is 4.87. The second kappa shape index (κ2) is 11.2. The van der Waals surface area contributed by atoms with Crippen molar-refractivity contribution in [2.75, 3.05) is 18.4 Å². The van der Waals surface area contributed by atoms with Crippen molar-refractivity contribution < 1.29 is 4.92 Å². The molecule has 0 fully saturated rings. The van der Waals surface area contributed by atoms with Crippen LogP contribution in [0.4, 0.5) is 5.95 Å². The minimum atomic E-state index is -0.521. The minimum Gasteiger partial charge on any atom is -0.369 e. The van der Waals surface area contributed by atoms with Crippen LogP contribution in [-0.2, 0) is 0 Å². The zero-order valence-corrected chi connectivity index (χ0v) is 19.1. The maximum absolute atomic E-state index is 10.8. The van der Waals surface area contributed by atoms with E-state index in [9.17, 15) is 10.1 Å². The molecule has 12 heteroatoms. The lowest BCUT2D eigenvalue weighted by atomic mass is 10.1. The van der Waals surface area contributed by atoms with Gasteiger partial charge in [0.25, 0.3) is 5.70 Å². The molecule has 0 spiro atoms. The average molecular weight is 487 g/mol. The first-order valence-electron chi connectivity index (χ1n) is 9.72. The Balaban J connectivity index is 1.70. The summed E-state index contributed by atoms with van der Waals surface area (Å²) in [7, 11) is 0. The van der Waals surface area contributed by atoms with Gasteiger partial charge in [-0.25, -0.2) is 19.9 Å². The Bertz CT molecular complexity index is 1210. The van der Waals surface area contributed by atoms with E-state index in [-0.39, 0.29) is 5.70 Å². The van der Waals surface area contributed by atoms with E-state index in [1.807, 2.05) is 0 Å². The van der Waals surface area contributed by atoms with Crippen molar-refractivity contribution in [2.45, 2.75) is 6.92 Å². The molecule has 1 aromatic carbocycles. The molecule has 170 valence electrons. The average Bonchev–Trinajstić information content (AvgIpc) is 3.31. The maximum Gasteiger partial charge on any atom is 0.283 e. The molecule has 2 heterocycles. The van der Waals surface area contributed by atoms with Gasteiger partial charge in [0, 0.05) is 42.3 Å². The predicted octanol–water partition coefficient (Wildman–Crippen LogP) is 4.56. The topological polar surface area (TPSA) is 134 Å². The highest BCUT2D eigenvalue weighted by Gasteiger charge is 2.16. The molecule has 0 saturated carbocycles. The van der Waals surface area contributed by atoms with Crippen molar-refractivity contribution in [1.82, 2.24) is 25.3 Å². The standard InChI is InChI=1S/C21H20Cl2N8O2/c1-3-15(31(32)33)11-28-13(2)24-6-9-27-21-29-12-17(20-25-7-8-26-20)19(30-21)16-5-4-14(22)10-18(16)23/h3-5,7-8,10-12,24H,2,6,9H2,1H3,(H,25,26)(H,27,29,30)/b15-3+,28-11-. The molecule has 0 bridgehead atoms. The maximum atomic E-state index is 10.8. The molecule has 0 radical (unpaired) electrons. The zero-order valence-electron chi connectivity index (χ0n) is 17.5. The normalized spacial score (nSPS) is 11.5. The zero-order chi connectivity index (χ0) is 23.8. The van der Waals surface area contributed by atoms with E-state index in [1.54, 1.807) is 43.7 Å². The largest absolute Gasteiger partial charge is 0.369 e. The van der Waals surface area contributed by atoms with Crippen molar-refractivity contribution in [2.24, 2.45) is 4.99 Å². The molecule has 10 nitrogen and oxygen atoms in total. The highest BCUT2D eigenvalue weighted by atomic mass is 35.5. The second-order valence-electron chi connectivity index (χ2n) is 6.55. The van der Waals surface area contributed by atoms with Crippen LogP contribution in [0.15, 0.2) is 66.0 Å². The first-order chi connectivity index (χ1) is 15.9. The van der Waals surface area contributed by atoms with Crippen molar-refractivity contribution in [3.8, 4) is 22.6 Å². The molecule has 0 atom stereocenters. The minimum absolute atomic E-state index is 0.116. The van der Waals surface area contributed by atoms with E-state index in [0.717, 1.165) is 6.21 Å². The van der Waals surface area contributed by atoms with Crippen LogP contribution in [0, 0.1) is 10.1 Å². The van der Waals surface area contributed by atoms with Crippen LogP contribution in [0.1, 0.15) is 6.92 Å². The third kappa shape index (κ3) is 6.37. The molecule has 33 heavy (non-hydrogen) atoms. The number of imidazole rings is 1. The molecule has 3 rings (SSSR count). The highest BCUT2D eigenvalue weighted by molar-refractivity contribution is 6.36. The Labute approximate surface area is 199 Å². The van der Waals surface area contributed by atoms with Crippen LogP contribution >= 0.6 is 23.2 Å². The number of aromatic nitrogens is 4. The van der Waals surface area contributed by atoms with Gasteiger partial charge in [-0.05, 0) is 31.2 Å². The number of rotatable bonds is 10. The molecular formula is C21H20Cl2N8O2. The summed E-state index contributed by atoms with van der Waals surface area (Å²) in [6.07, 6.45) is 7.50. The Kier molecular flexibility index (Phi) is 8.11. The fourth-order valence-electron chi connectivity index (χ4n) is 2.74. The van der Waals surface area contributed by atoms with Gasteiger partial charge in [0.15, 0.2) is 0 Å². The van der Waals surface area contributed by atoms with Crippen LogP contribution < -0.4 is 10.6 Å². The van der Waals surface area contributed by atoms with Crippen LogP contribution in [0.2, 0.25) is 10.0 Å². The fourth-order valence-corrected chi connectivity index (χ4v) is 3.24. The molecule has 3 N–H and O–H groups in total. The predicted molar refractivity (Wildman–Crippen MR) is 130 cm³/mol. The number of halogens is 2. The summed E-state index contributed by atoms with van der Waals surface area (Å²) in [6, 6.07) is 5.17. The number of anilines is 1. The van der Waals surface area contributed by atoms with E-state index >= 15 is 0 Å².